The zero-order valence-corrected chi connectivity index (χ0v) is 17.9. The lowest BCUT2D eigenvalue weighted by molar-refractivity contribution is 0.0787. The highest BCUT2D eigenvalue weighted by molar-refractivity contribution is 7.92. The molecule has 30 heavy (non-hydrogen) atoms. The molecular weight excluding hydrogens is 422 g/mol. The van der Waals surface area contributed by atoms with Gasteiger partial charge in [-0.2, -0.15) is 0 Å². The number of halogens is 1. The number of benzene rings is 2. The lowest BCUT2D eigenvalue weighted by Gasteiger charge is -2.25. The second-order valence-corrected chi connectivity index (χ2v) is 9.29. The van der Waals surface area contributed by atoms with E-state index in [-0.39, 0.29) is 17.3 Å². The Balaban J connectivity index is 1.79. The van der Waals surface area contributed by atoms with Gasteiger partial charge in [0.1, 0.15) is 4.90 Å². The predicted octanol–water partition coefficient (Wildman–Crippen LogP) is 4.11. The molecule has 0 spiro atoms. The summed E-state index contributed by atoms with van der Waals surface area (Å²) in [6, 6.07) is 15.3. The van der Waals surface area contributed by atoms with Crippen LogP contribution in [0, 0.1) is 0 Å². The molecule has 8 heteroatoms. The standard InChI is InChI=1S/C22H20ClN3O3S/c1-2-25-15-17-7-10-19(12-21(17)22(25)27)26(14-16-5-8-18(23)9-6-16)30(28,29)20-4-3-11-24-13-20/h3-13H,2,14-15H2,1H3. The lowest BCUT2D eigenvalue weighted by atomic mass is 10.1. The Kier molecular flexibility index (Phi) is 5.49. The van der Waals surface area contributed by atoms with Crippen molar-refractivity contribution in [1.82, 2.24) is 9.88 Å². The minimum Gasteiger partial charge on any atom is -0.335 e. The number of carbonyl (C=O) groups excluding carboxylic acids is 1. The van der Waals surface area contributed by atoms with Crippen LogP contribution in [0.15, 0.2) is 71.9 Å². The monoisotopic (exact) mass is 441 g/mol. The van der Waals surface area contributed by atoms with Crippen molar-refractivity contribution in [2.24, 2.45) is 0 Å². The third-order valence-electron chi connectivity index (χ3n) is 5.10. The van der Waals surface area contributed by atoms with E-state index in [0.717, 1.165) is 11.1 Å². The van der Waals surface area contributed by atoms with Crippen LogP contribution in [0.25, 0.3) is 0 Å². The molecule has 0 radical (unpaired) electrons. The number of fused-ring (bicyclic) bond motifs is 1. The van der Waals surface area contributed by atoms with Gasteiger partial charge in [-0.15, -0.1) is 0 Å². The van der Waals surface area contributed by atoms with Crippen LogP contribution in [0.3, 0.4) is 0 Å². The van der Waals surface area contributed by atoms with Gasteiger partial charge in [-0.25, -0.2) is 8.42 Å². The smallest absolute Gasteiger partial charge is 0.266 e. The fourth-order valence-corrected chi connectivity index (χ4v) is 4.99. The Bertz CT molecular complexity index is 1180. The molecule has 2 aromatic carbocycles. The number of sulfonamides is 1. The number of hydrogen-bond acceptors (Lipinski definition) is 4. The van der Waals surface area contributed by atoms with Gasteiger partial charge >= 0.3 is 0 Å². The Hall–Kier alpha value is -2.90. The van der Waals surface area contributed by atoms with E-state index in [1.54, 1.807) is 47.4 Å². The summed E-state index contributed by atoms with van der Waals surface area (Å²) >= 11 is 5.98. The molecule has 0 aliphatic carbocycles. The van der Waals surface area contributed by atoms with E-state index in [4.69, 9.17) is 11.6 Å². The predicted molar refractivity (Wildman–Crippen MR) is 116 cm³/mol. The lowest BCUT2D eigenvalue weighted by Crippen LogP contribution is -2.31. The Morgan fingerprint density at radius 3 is 2.57 bits per heavy atom. The van der Waals surface area contributed by atoms with Crippen LogP contribution in [0.4, 0.5) is 5.69 Å². The van der Waals surface area contributed by atoms with Gasteiger partial charge in [-0.1, -0.05) is 29.8 Å². The molecule has 4 rings (SSSR count). The Labute approximate surface area is 180 Å². The van der Waals surface area contributed by atoms with Gasteiger partial charge in [0, 0.05) is 36.1 Å². The first-order chi connectivity index (χ1) is 14.4. The highest BCUT2D eigenvalue weighted by Gasteiger charge is 2.30. The van der Waals surface area contributed by atoms with Gasteiger partial charge < -0.3 is 4.90 Å². The number of nitrogens with zero attached hydrogens (tertiary/aromatic N) is 3. The van der Waals surface area contributed by atoms with Crippen molar-refractivity contribution in [3.63, 3.8) is 0 Å². The summed E-state index contributed by atoms with van der Waals surface area (Å²) in [5.41, 5.74) is 2.64. The second kappa shape index (κ2) is 8.08. The van der Waals surface area contributed by atoms with E-state index in [2.05, 4.69) is 4.98 Å². The number of carbonyl (C=O) groups is 1. The molecule has 0 saturated carbocycles. The average Bonchev–Trinajstić information content (AvgIpc) is 3.09. The molecule has 1 aliphatic rings. The second-order valence-electron chi connectivity index (χ2n) is 6.99. The van der Waals surface area contributed by atoms with E-state index < -0.39 is 10.0 Å². The summed E-state index contributed by atoms with van der Waals surface area (Å²) in [6.07, 6.45) is 2.84. The topological polar surface area (TPSA) is 70.6 Å². The first-order valence-electron chi connectivity index (χ1n) is 9.49. The molecule has 1 aliphatic heterocycles. The Morgan fingerprint density at radius 1 is 1.13 bits per heavy atom. The summed E-state index contributed by atoms with van der Waals surface area (Å²) < 4.78 is 28.2. The zero-order valence-electron chi connectivity index (χ0n) is 16.3. The van der Waals surface area contributed by atoms with Crippen LogP contribution < -0.4 is 4.31 Å². The third-order valence-corrected chi connectivity index (χ3v) is 7.11. The summed E-state index contributed by atoms with van der Waals surface area (Å²) in [7, 11) is -3.90. The number of aromatic nitrogens is 1. The fraction of sp³-hybridized carbons (Fsp3) is 0.182. The largest absolute Gasteiger partial charge is 0.335 e. The molecular formula is C22H20ClN3O3S. The van der Waals surface area contributed by atoms with E-state index in [0.29, 0.717) is 29.4 Å². The first-order valence-corrected chi connectivity index (χ1v) is 11.3. The molecule has 0 unspecified atom stereocenters. The van der Waals surface area contributed by atoms with E-state index >= 15 is 0 Å². The quantitative estimate of drug-likeness (QED) is 0.577. The Morgan fingerprint density at radius 2 is 1.90 bits per heavy atom. The van der Waals surface area contributed by atoms with Gasteiger partial charge in [0.2, 0.25) is 0 Å². The van der Waals surface area contributed by atoms with Crippen LogP contribution in [0.1, 0.15) is 28.4 Å². The van der Waals surface area contributed by atoms with Crippen LogP contribution in [-0.2, 0) is 23.1 Å². The summed E-state index contributed by atoms with van der Waals surface area (Å²) in [6.45, 7) is 3.16. The molecule has 1 aromatic heterocycles. The molecule has 6 nitrogen and oxygen atoms in total. The summed E-state index contributed by atoms with van der Waals surface area (Å²) in [4.78, 5) is 18.4. The van der Waals surface area contributed by atoms with Gasteiger partial charge in [-0.05, 0) is 54.4 Å². The maximum Gasteiger partial charge on any atom is 0.266 e. The van der Waals surface area contributed by atoms with Gasteiger partial charge in [0.05, 0.1) is 12.2 Å². The van der Waals surface area contributed by atoms with Crippen LogP contribution in [0.2, 0.25) is 5.02 Å². The van der Waals surface area contributed by atoms with Gasteiger partial charge in [0.25, 0.3) is 15.9 Å². The van der Waals surface area contributed by atoms with Crippen molar-refractivity contribution in [2.45, 2.75) is 24.9 Å². The normalized spacial score (nSPS) is 13.4. The van der Waals surface area contributed by atoms with Crippen LogP contribution in [0.5, 0.6) is 0 Å². The zero-order chi connectivity index (χ0) is 21.3. The molecule has 0 bridgehead atoms. The van der Waals surface area contributed by atoms with Crippen LogP contribution >= 0.6 is 11.6 Å². The van der Waals surface area contributed by atoms with E-state index in [1.807, 2.05) is 13.0 Å². The number of hydrogen-bond donors (Lipinski definition) is 0. The van der Waals surface area contributed by atoms with Crippen molar-refractivity contribution in [3.05, 3.63) is 88.7 Å². The van der Waals surface area contributed by atoms with Crippen molar-refractivity contribution in [3.8, 4) is 0 Å². The maximum absolute atomic E-state index is 13.5. The van der Waals surface area contributed by atoms with Crippen molar-refractivity contribution < 1.29 is 13.2 Å². The van der Waals surface area contributed by atoms with Crippen LogP contribution in [-0.4, -0.2) is 30.8 Å². The van der Waals surface area contributed by atoms with Crippen molar-refractivity contribution >= 4 is 33.2 Å². The molecule has 0 atom stereocenters. The number of pyridine rings is 1. The molecule has 0 fully saturated rings. The number of anilines is 1. The molecule has 0 N–H and O–H groups in total. The molecule has 3 aromatic rings. The van der Waals surface area contributed by atoms with E-state index in [1.165, 1.54) is 22.8 Å². The number of rotatable bonds is 6. The van der Waals surface area contributed by atoms with Crippen molar-refractivity contribution in [1.29, 1.82) is 0 Å². The van der Waals surface area contributed by atoms with Crippen molar-refractivity contribution in [2.75, 3.05) is 10.8 Å². The van der Waals surface area contributed by atoms with Gasteiger partial charge in [-0.3, -0.25) is 14.1 Å². The maximum atomic E-state index is 13.5. The fourth-order valence-electron chi connectivity index (χ4n) is 3.46. The molecule has 2 heterocycles. The minimum absolute atomic E-state index is 0.0837. The summed E-state index contributed by atoms with van der Waals surface area (Å²) in [5.74, 6) is -0.0837. The third kappa shape index (κ3) is 3.78. The van der Waals surface area contributed by atoms with Gasteiger partial charge in [0.15, 0.2) is 0 Å². The molecule has 154 valence electrons. The average molecular weight is 442 g/mol. The highest BCUT2D eigenvalue weighted by Crippen LogP contribution is 2.31. The highest BCUT2D eigenvalue weighted by atomic mass is 35.5. The minimum atomic E-state index is -3.90. The summed E-state index contributed by atoms with van der Waals surface area (Å²) in [5, 5.41) is 0.572. The number of amides is 1. The first kappa shape index (κ1) is 20.4. The molecule has 0 saturated heterocycles. The van der Waals surface area contributed by atoms with E-state index in [9.17, 15) is 13.2 Å². The SMILES string of the molecule is CCN1Cc2ccc(N(Cc3ccc(Cl)cc3)S(=O)(=O)c3cccnc3)cc2C1=O. The molecule has 1 amide bonds.